The van der Waals surface area contributed by atoms with E-state index in [1.807, 2.05) is 24.3 Å². The van der Waals surface area contributed by atoms with E-state index in [-0.39, 0.29) is 36.5 Å². The van der Waals surface area contributed by atoms with Gasteiger partial charge in [0.05, 0.1) is 24.2 Å². The lowest BCUT2D eigenvalue weighted by Gasteiger charge is -2.30. The van der Waals surface area contributed by atoms with Crippen LogP contribution in [0.2, 0.25) is 5.15 Å². The summed E-state index contributed by atoms with van der Waals surface area (Å²) in [5.74, 6) is -1.59. The highest BCUT2D eigenvalue weighted by Gasteiger charge is 2.62. The van der Waals surface area contributed by atoms with Gasteiger partial charge in [-0.25, -0.2) is 19.6 Å². The number of carbonyl (C=O) groups excluding carboxylic acids is 4. The van der Waals surface area contributed by atoms with E-state index in [4.69, 9.17) is 25.8 Å². The molecule has 12 nitrogen and oxygen atoms in total. The predicted octanol–water partition coefficient (Wildman–Crippen LogP) is 4.48. The van der Waals surface area contributed by atoms with Crippen LogP contribution in [0.15, 0.2) is 36.4 Å². The maximum atomic E-state index is 14.2. The van der Waals surface area contributed by atoms with Gasteiger partial charge in [-0.3, -0.25) is 9.59 Å². The summed E-state index contributed by atoms with van der Waals surface area (Å²) in [4.78, 5) is 64.5. The van der Waals surface area contributed by atoms with Crippen molar-refractivity contribution in [2.45, 2.75) is 102 Å². The molecule has 1 saturated carbocycles. The molecule has 0 radical (unpaired) electrons. The van der Waals surface area contributed by atoms with Crippen molar-refractivity contribution in [1.82, 2.24) is 25.5 Å². The number of aromatic nitrogens is 2. The third-order valence-corrected chi connectivity index (χ3v) is 8.59. The number of halogens is 1. The zero-order chi connectivity index (χ0) is 33.1. The largest absolute Gasteiger partial charge is 0.470 e. The number of para-hydroxylation sites is 2. The molecule has 0 bridgehead atoms. The van der Waals surface area contributed by atoms with Crippen molar-refractivity contribution in [2.24, 2.45) is 5.92 Å². The van der Waals surface area contributed by atoms with Crippen LogP contribution in [0.25, 0.3) is 11.0 Å². The van der Waals surface area contributed by atoms with Gasteiger partial charge in [-0.05, 0) is 65.5 Å². The predicted molar refractivity (Wildman–Crippen MR) is 170 cm³/mol. The molecule has 2 N–H and O–H groups in total. The van der Waals surface area contributed by atoms with Crippen molar-refractivity contribution < 1.29 is 33.4 Å². The van der Waals surface area contributed by atoms with Gasteiger partial charge < -0.3 is 29.7 Å². The van der Waals surface area contributed by atoms with Crippen LogP contribution in [0.3, 0.4) is 0 Å². The molecule has 1 unspecified atom stereocenters. The third-order valence-electron chi connectivity index (χ3n) is 8.35. The van der Waals surface area contributed by atoms with Crippen molar-refractivity contribution in [3.63, 3.8) is 0 Å². The Morgan fingerprint density at radius 3 is 2.59 bits per heavy atom. The normalized spacial score (nSPS) is 27.7. The number of allylic oxidation sites excluding steroid dienone is 1. The molecule has 2 aromatic rings. The van der Waals surface area contributed by atoms with Gasteiger partial charge >= 0.3 is 12.1 Å². The Bertz CT molecular complexity index is 1510. The number of carbonyl (C=O) groups is 4. The number of rotatable bonds is 5. The standard InChI is InChI=1S/C33H42ClN5O7/c1-5-44-30(42)33-18-20(33)13-9-7-6-8-10-16-24(37-31(43)46-32(2,3)4)29(41)39-19-21(17-25(39)27(40)38-33)45-28-26(34)35-22-14-11-12-15-23(22)36-28/h9,11-15,20-21,24-25H,5-8,10,16-19H2,1-4H3,(H,37,43)(H,38,40)/b13-9-/t20-,21-,24+,25+,33?/m1/s1. The summed E-state index contributed by atoms with van der Waals surface area (Å²) < 4.78 is 17.0. The van der Waals surface area contributed by atoms with E-state index >= 15 is 0 Å². The molecule has 3 amide bonds. The van der Waals surface area contributed by atoms with Crippen LogP contribution in [0.5, 0.6) is 5.88 Å². The number of ether oxygens (including phenoxy) is 3. The average molecular weight is 656 g/mol. The molecular weight excluding hydrogens is 614 g/mol. The lowest BCUT2D eigenvalue weighted by atomic mass is 10.0. The summed E-state index contributed by atoms with van der Waals surface area (Å²) in [5, 5.41) is 5.73. The summed E-state index contributed by atoms with van der Waals surface area (Å²) in [6.07, 6.45) is 6.60. The quantitative estimate of drug-likeness (QED) is 0.351. The zero-order valence-corrected chi connectivity index (χ0v) is 27.5. The molecule has 0 spiro atoms. The molecule has 3 heterocycles. The first-order valence-electron chi connectivity index (χ1n) is 15.9. The molecule has 248 valence electrons. The number of nitrogens with one attached hydrogen (secondary N) is 2. The SMILES string of the molecule is CCOC(=O)C12C[C@H]1/C=C\CCCCC[C@H](NC(=O)OC(C)(C)C)C(=O)N1C[C@H](Oc3nc4ccccc4nc3Cl)C[C@H]1C(=O)N2. The van der Waals surface area contributed by atoms with Gasteiger partial charge in [0.15, 0.2) is 5.15 Å². The highest BCUT2D eigenvalue weighted by molar-refractivity contribution is 6.31. The molecule has 13 heteroatoms. The molecule has 3 aliphatic rings. The van der Waals surface area contributed by atoms with Crippen LogP contribution in [-0.2, 0) is 23.9 Å². The zero-order valence-electron chi connectivity index (χ0n) is 26.7. The van der Waals surface area contributed by atoms with Gasteiger partial charge in [-0.15, -0.1) is 0 Å². The maximum absolute atomic E-state index is 14.2. The van der Waals surface area contributed by atoms with Gasteiger partial charge in [-0.2, -0.15) is 0 Å². The fourth-order valence-corrected chi connectivity index (χ4v) is 6.22. The minimum Gasteiger partial charge on any atom is -0.470 e. The van der Waals surface area contributed by atoms with Crippen molar-refractivity contribution in [3.05, 3.63) is 41.6 Å². The van der Waals surface area contributed by atoms with E-state index in [1.54, 1.807) is 39.8 Å². The molecule has 5 rings (SSSR count). The van der Waals surface area contributed by atoms with Gasteiger partial charge in [0.2, 0.25) is 11.8 Å². The second kappa shape index (κ2) is 13.8. The van der Waals surface area contributed by atoms with E-state index in [0.717, 1.165) is 19.3 Å². The molecule has 1 aromatic carbocycles. The van der Waals surface area contributed by atoms with Crippen molar-refractivity contribution in [3.8, 4) is 5.88 Å². The molecular formula is C33H42ClN5O7. The Hall–Kier alpha value is -3.93. The van der Waals surface area contributed by atoms with Crippen LogP contribution < -0.4 is 15.4 Å². The van der Waals surface area contributed by atoms with Gasteiger partial charge in [0.1, 0.15) is 29.3 Å². The smallest absolute Gasteiger partial charge is 0.408 e. The number of nitrogens with zero attached hydrogens (tertiary/aromatic N) is 3. The van der Waals surface area contributed by atoms with Crippen LogP contribution in [0.1, 0.15) is 72.6 Å². The third kappa shape index (κ3) is 7.71. The van der Waals surface area contributed by atoms with Crippen molar-refractivity contribution in [1.29, 1.82) is 0 Å². The monoisotopic (exact) mass is 655 g/mol. The first kappa shape index (κ1) is 33.4. The van der Waals surface area contributed by atoms with E-state index in [0.29, 0.717) is 30.3 Å². The topological polar surface area (TPSA) is 149 Å². The Labute approximate surface area is 273 Å². The summed E-state index contributed by atoms with van der Waals surface area (Å²) >= 11 is 6.43. The summed E-state index contributed by atoms with van der Waals surface area (Å²) in [7, 11) is 0. The minimum atomic E-state index is -1.21. The molecule has 2 fully saturated rings. The van der Waals surface area contributed by atoms with Crippen molar-refractivity contribution in [2.75, 3.05) is 13.2 Å². The first-order chi connectivity index (χ1) is 21.9. The Morgan fingerprint density at radius 2 is 1.87 bits per heavy atom. The molecule has 1 aliphatic carbocycles. The molecule has 1 aromatic heterocycles. The lowest BCUT2D eigenvalue weighted by molar-refractivity contribution is -0.150. The van der Waals surface area contributed by atoms with Gasteiger partial charge in [-0.1, -0.05) is 48.7 Å². The number of hydrogen-bond donors (Lipinski definition) is 2. The fraction of sp³-hybridized carbons (Fsp3) is 0.576. The lowest BCUT2D eigenvalue weighted by Crippen LogP contribution is -2.56. The highest BCUT2D eigenvalue weighted by Crippen LogP contribution is 2.46. The fourth-order valence-electron chi connectivity index (χ4n) is 6.04. The minimum absolute atomic E-state index is 0.0178. The van der Waals surface area contributed by atoms with E-state index in [2.05, 4.69) is 20.6 Å². The van der Waals surface area contributed by atoms with Crippen LogP contribution in [0.4, 0.5) is 4.79 Å². The van der Waals surface area contributed by atoms with Crippen LogP contribution in [0, 0.1) is 5.92 Å². The molecule has 1 saturated heterocycles. The van der Waals surface area contributed by atoms with E-state index < -0.39 is 53.2 Å². The van der Waals surface area contributed by atoms with Crippen molar-refractivity contribution >= 4 is 46.5 Å². The van der Waals surface area contributed by atoms with Gasteiger partial charge in [0.25, 0.3) is 5.88 Å². The Kier molecular flexibility index (Phi) is 10.0. The Balaban J connectivity index is 1.45. The summed E-state index contributed by atoms with van der Waals surface area (Å²) in [6, 6.07) is 5.26. The number of esters is 1. The first-order valence-corrected chi connectivity index (χ1v) is 16.3. The van der Waals surface area contributed by atoms with E-state index in [9.17, 15) is 19.2 Å². The number of benzene rings is 1. The summed E-state index contributed by atoms with van der Waals surface area (Å²) in [5.41, 5.74) is -0.800. The van der Waals surface area contributed by atoms with Crippen LogP contribution in [-0.4, -0.2) is 81.2 Å². The maximum Gasteiger partial charge on any atom is 0.408 e. The molecule has 5 atom stereocenters. The van der Waals surface area contributed by atoms with Crippen LogP contribution >= 0.6 is 11.6 Å². The number of alkyl carbamates (subject to hydrolysis) is 1. The summed E-state index contributed by atoms with van der Waals surface area (Å²) in [6.45, 7) is 7.13. The second-order valence-electron chi connectivity index (χ2n) is 13.0. The second-order valence-corrected chi connectivity index (χ2v) is 13.4. The number of amides is 3. The average Bonchev–Trinajstić information content (AvgIpc) is 3.52. The van der Waals surface area contributed by atoms with E-state index in [1.165, 1.54) is 4.90 Å². The molecule has 2 aliphatic heterocycles. The number of fused-ring (bicyclic) bond motifs is 3. The Morgan fingerprint density at radius 1 is 1.13 bits per heavy atom. The number of hydrogen-bond acceptors (Lipinski definition) is 9. The van der Waals surface area contributed by atoms with Gasteiger partial charge in [0, 0.05) is 12.3 Å². The highest BCUT2D eigenvalue weighted by atomic mass is 35.5. The molecule has 46 heavy (non-hydrogen) atoms.